The Morgan fingerprint density at radius 1 is 0.964 bits per heavy atom. The molecule has 296 valence electrons. The van der Waals surface area contributed by atoms with Crippen LogP contribution >= 0.6 is 0 Å². The molecule has 0 saturated heterocycles. The van der Waals surface area contributed by atoms with Gasteiger partial charge in [0.15, 0.2) is 18.9 Å². The molecule has 0 fully saturated rings. The number of nitrogens with zero attached hydrogens (tertiary/aromatic N) is 4. The molecular formula is C45H54BrN5O5. The third-order valence-electron chi connectivity index (χ3n) is 9.89. The van der Waals surface area contributed by atoms with Crippen molar-refractivity contribution < 1.29 is 45.5 Å². The van der Waals surface area contributed by atoms with Gasteiger partial charge in [-0.2, -0.15) is 0 Å². The molecule has 0 spiro atoms. The van der Waals surface area contributed by atoms with Gasteiger partial charge in [0.2, 0.25) is 11.7 Å². The molecule has 10 nitrogen and oxygen atoms in total. The summed E-state index contributed by atoms with van der Waals surface area (Å²) in [5.41, 5.74) is 10.2. The number of allylic oxidation sites excluding steroid dienone is 4. The van der Waals surface area contributed by atoms with Gasteiger partial charge in [0.25, 0.3) is 17.7 Å². The Labute approximate surface area is 341 Å². The number of aromatic nitrogens is 1. The van der Waals surface area contributed by atoms with Crippen molar-refractivity contribution in [2.24, 2.45) is 22.6 Å². The average Bonchev–Trinajstić information content (AvgIpc) is 3.53. The van der Waals surface area contributed by atoms with Gasteiger partial charge >= 0.3 is 0 Å². The first-order valence-electron chi connectivity index (χ1n) is 19.0. The molecule has 0 aliphatic carbocycles. The maximum absolute atomic E-state index is 15.1. The van der Waals surface area contributed by atoms with Crippen molar-refractivity contribution in [2.75, 3.05) is 6.61 Å². The molecule has 2 aliphatic rings. The highest BCUT2D eigenvalue weighted by Crippen LogP contribution is 2.36. The molecule has 3 atom stereocenters. The van der Waals surface area contributed by atoms with Crippen LogP contribution in [-0.4, -0.2) is 63.4 Å². The van der Waals surface area contributed by atoms with Gasteiger partial charge in [-0.05, 0) is 77.0 Å². The number of primary amides is 1. The normalized spacial score (nSPS) is 17.6. The Hall–Kier alpha value is -5.16. The second-order valence-corrected chi connectivity index (χ2v) is 15.7. The predicted octanol–water partition coefficient (Wildman–Crippen LogP) is 3.47. The molecule has 56 heavy (non-hydrogen) atoms. The number of halogens is 1. The summed E-state index contributed by atoms with van der Waals surface area (Å²) >= 11 is 0. The van der Waals surface area contributed by atoms with Crippen molar-refractivity contribution in [3.63, 3.8) is 0 Å². The highest BCUT2D eigenvalue weighted by atomic mass is 79.9. The summed E-state index contributed by atoms with van der Waals surface area (Å²) in [6.45, 7) is 14.6. The van der Waals surface area contributed by atoms with E-state index in [1.54, 1.807) is 30.5 Å². The molecule has 0 bridgehead atoms. The fourth-order valence-corrected chi connectivity index (χ4v) is 6.97. The van der Waals surface area contributed by atoms with Crippen LogP contribution in [0.5, 0.6) is 0 Å². The molecule has 2 unspecified atom stereocenters. The fraction of sp³-hybridized carbons (Fsp3) is 0.378. The minimum absolute atomic E-state index is 0. The number of hydrogen-bond acceptors (Lipinski definition) is 6. The predicted molar refractivity (Wildman–Crippen MR) is 214 cm³/mol. The number of carbonyl (C=O) groups excluding carboxylic acids is 4. The second kappa shape index (κ2) is 19.1. The van der Waals surface area contributed by atoms with E-state index in [1.165, 1.54) is 20.9 Å². The maximum atomic E-state index is 15.1. The molecule has 2 aromatic carbocycles. The van der Waals surface area contributed by atoms with Gasteiger partial charge in [-0.3, -0.25) is 24.1 Å². The van der Waals surface area contributed by atoms with Gasteiger partial charge < -0.3 is 32.4 Å². The molecule has 0 radical (unpaired) electrons. The van der Waals surface area contributed by atoms with Crippen molar-refractivity contribution in [1.82, 2.24) is 9.80 Å². The van der Waals surface area contributed by atoms with Crippen LogP contribution in [0.3, 0.4) is 0 Å². The number of nitrogens with two attached hydrogens (primary N) is 1. The van der Waals surface area contributed by atoms with Crippen LogP contribution in [0.25, 0.3) is 5.70 Å². The van der Waals surface area contributed by atoms with Crippen LogP contribution in [0.15, 0.2) is 120 Å². The molecule has 3 aromatic rings. The van der Waals surface area contributed by atoms with E-state index in [9.17, 15) is 14.4 Å². The summed E-state index contributed by atoms with van der Waals surface area (Å²) < 4.78 is 7.79. The largest absolute Gasteiger partial charge is 1.00 e. The summed E-state index contributed by atoms with van der Waals surface area (Å²) in [7, 11) is 0. The quantitative estimate of drug-likeness (QED) is 0.186. The molecule has 5 rings (SSSR count). The lowest BCUT2D eigenvalue weighted by molar-refractivity contribution is -0.687. The van der Waals surface area contributed by atoms with Crippen LogP contribution < -0.4 is 27.3 Å². The Balaban J connectivity index is 0.00000696. The van der Waals surface area contributed by atoms with E-state index in [2.05, 4.69) is 37.9 Å². The van der Waals surface area contributed by atoms with E-state index >= 15 is 4.79 Å². The van der Waals surface area contributed by atoms with E-state index in [1.807, 2.05) is 93.2 Å². The van der Waals surface area contributed by atoms with E-state index in [0.717, 1.165) is 18.4 Å². The Bertz CT molecular complexity index is 2000. The van der Waals surface area contributed by atoms with Gasteiger partial charge in [-0.15, -0.1) is 0 Å². The smallest absolute Gasteiger partial charge is 0.259 e. The van der Waals surface area contributed by atoms with Crippen LogP contribution in [0.4, 0.5) is 0 Å². The number of ether oxygens (including phenoxy) is 1. The van der Waals surface area contributed by atoms with E-state index in [4.69, 9.17) is 10.5 Å². The number of pyridine rings is 1. The van der Waals surface area contributed by atoms with Gasteiger partial charge in [0, 0.05) is 18.3 Å². The van der Waals surface area contributed by atoms with Crippen molar-refractivity contribution in [3.8, 4) is 0 Å². The van der Waals surface area contributed by atoms with Crippen LogP contribution in [0.2, 0.25) is 0 Å². The number of rotatable bonds is 15. The first-order valence-corrected chi connectivity index (χ1v) is 19.0. The zero-order valence-corrected chi connectivity index (χ0v) is 35.0. The Kier molecular flexibility index (Phi) is 14.9. The SMILES string of the molecule is CC(C)=CCC/C(C)=C/C[n+]1ccc(C(=O)N2C=C(c3ccccc3)N([C@H](C(N)=O)C(Cc3ccccc3)C(=O)C3=NC(C)(C)CO3)C(=O)C2C(C)C)cc1.[Br-]. The first kappa shape index (κ1) is 43.6. The van der Waals surface area contributed by atoms with Crippen LogP contribution in [0, 0.1) is 11.8 Å². The highest BCUT2D eigenvalue weighted by Gasteiger charge is 2.49. The topological polar surface area (TPSA) is 126 Å². The third-order valence-corrected chi connectivity index (χ3v) is 9.89. The summed E-state index contributed by atoms with van der Waals surface area (Å²) in [4.78, 5) is 65.0. The molecule has 1 aromatic heterocycles. The molecule has 3 amide bonds. The van der Waals surface area contributed by atoms with Gasteiger partial charge in [0.1, 0.15) is 18.7 Å². The fourth-order valence-electron chi connectivity index (χ4n) is 6.97. The molecule has 11 heteroatoms. The number of amides is 3. The Morgan fingerprint density at radius 2 is 1.59 bits per heavy atom. The zero-order valence-electron chi connectivity index (χ0n) is 33.4. The van der Waals surface area contributed by atoms with Crippen molar-refractivity contribution in [1.29, 1.82) is 0 Å². The van der Waals surface area contributed by atoms with Gasteiger partial charge in [-0.1, -0.05) is 91.7 Å². The van der Waals surface area contributed by atoms with Gasteiger partial charge in [0.05, 0.1) is 22.7 Å². The van der Waals surface area contributed by atoms with E-state index < -0.39 is 41.1 Å². The standard InChI is InChI=1S/C45H53N5O5.BrH/c1-30(2)15-14-16-32(5)21-24-48-25-22-35(23-26-48)43(53)49-28-37(34-19-12-9-13-20-34)50(44(54)38(49)31(3)4)39(41(46)52)36(27-33-17-10-8-11-18-33)40(51)42-47-45(6,7)29-55-42;/h8-13,15,17-23,25-26,28,31,36,38-39H,14,16,24,27,29H2,1-7H3,(H-,46,52);1H/b32-21+;/t36?,38?,39-;/m0./s1. The summed E-state index contributed by atoms with van der Waals surface area (Å²) in [5.74, 6) is -3.89. The number of aliphatic imine (C=N–C) groups is 1. The lowest BCUT2D eigenvalue weighted by atomic mass is 9.84. The third kappa shape index (κ3) is 10.6. The zero-order chi connectivity index (χ0) is 39.9. The highest BCUT2D eigenvalue weighted by molar-refractivity contribution is 6.38. The lowest BCUT2D eigenvalue weighted by Crippen LogP contribution is -3.00. The van der Waals surface area contributed by atoms with Crippen molar-refractivity contribution in [2.45, 2.75) is 91.9 Å². The van der Waals surface area contributed by atoms with E-state index in [-0.39, 0.29) is 53.4 Å². The van der Waals surface area contributed by atoms with Crippen LogP contribution in [-0.2, 0) is 32.1 Å². The average molecular weight is 825 g/mol. The number of Topliss-reactive ketones (excluding diaryl/α,β-unsaturated/α-hetero) is 1. The maximum Gasteiger partial charge on any atom is 0.259 e. The summed E-state index contributed by atoms with van der Waals surface area (Å²) in [6, 6.07) is 19.4. The minimum Gasteiger partial charge on any atom is -1.00 e. The summed E-state index contributed by atoms with van der Waals surface area (Å²) in [6.07, 6.45) is 11.8. The van der Waals surface area contributed by atoms with Crippen LogP contribution in [0.1, 0.15) is 82.8 Å². The number of hydrogen-bond donors (Lipinski definition) is 1. The number of ketones is 1. The monoisotopic (exact) mass is 823 g/mol. The van der Waals surface area contributed by atoms with Gasteiger partial charge in [-0.25, -0.2) is 9.56 Å². The number of benzene rings is 2. The lowest BCUT2D eigenvalue weighted by Gasteiger charge is -2.45. The molecule has 2 aliphatic heterocycles. The summed E-state index contributed by atoms with van der Waals surface area (Å²) in [5, 5.41) is 0. The number of carbonyl (C=O) groups is 4. The first-order chi connectivity index (χ1) is 26.2. The molecule has 3 heterocycles. The Morgan fingerprint density at radius 3 is 2.14 bits per heavy atom. The molecule has 2 N–H and O–H groups in total. The second-order valence-electron chi connectivity index (χ2n) is 15.7. The minimum atomic E-state index is -1.44. The van der Waals surface area contributed by atoms with E-state index in [0.29, 0.717) is 17.7 Å². The molecule has 0 saturated carbocycles. The molecular weight excluding hydrogens is 770 g/mol. The van der Waals surface area contributed by atoms with Crippen molar-refractivity contribution in [3.05, 3.63) is 131 Å². The van der Waals surface area contributed by atoms with Crippen molar-refractivity contribution >= 4 is 35.1 Å².